The van der Waals surface area contributed by atoms with Crippen LogP contribution in [0.4, 0.5) is 0 Å². The lowest BCUT2D eigenvalue weighted by Gasteiger charge is -2.43. The molecule has 7 heteroatoms. The maximum absolute atomic E-state index is 13.1. The number of halogens is 2. The molecule has 1 N–H and O–H groups in total. The quantitative estimate of drug-likeness (QED) is 0.407. The molecule has 1 aromatic carbocycles. The molecule has 3 rings (SSSR count). The van der Waals surface area contributed by atoms with Gasteiger partial charge in [0.15, 0.2) is 0 Å². The van der Waals surface area contributed by atoms with Crippen LogP contribution in [-0.4, -0.2) is 37.3 Å². The van der Waals surface area contributed by atoms with Crippen molar-refractivity contribution < 1.29 is 14.4 Å². The van der Waals surface area contributed by atoms with E-state index in [1.807, 2.05) is 18.2 Å². The summed E-state index contributed by atoms with van der Waals surface area (Å²) in [7, 11) is 0. The van der Waals surface area contributed by atoms with Gasteiger partial charge >= 0.3 is 0 Å². The SMILES string of the molecule is CC(C)(O)[C@@H]1CCCN(C(=O)c2conc2-c2ccccc2Cl)C1I. The van der Waals surface area contributed by atoms with E-state index in [1.165, 1.54) is 6.26 Å². The van der Waals surface area contributed by atoms with Crippen molar-refractivity contribution in [2.75, 3.05) is 6.54 Å². The number of alkyl halides is 1. The lowest BCUT2D eigenvalue weighted by molar-refractivity contribution is -0.0191. The first-order valence-corrected chi connectivity index (χ1v) is 9.79. The van der Waals surface area contributed by atoms with Crippen molar-refractivity contribution in [2.45, 2.75) is 36.3 Å². The van der Waals surface area contributed by atoms with Gasteiger partial charge in [-0.15, -0.1) is 0 Å². The third kappa shape index (κ3) is 3.71. The fraction of sp³-hybridized carbons (Fsp3) is 0.444. The van der Waals surface area contributed by atoms with Gasteiger partial charge in [-0.1, -0.05) is 57.5 Å². The van der Waals surface area contributed by atoms with Crippen molar-refractivity contribution in [2.24, 2.45) is 5.92 Å². The van der Waals surface area contributed by atoms with Gasteiger partial charge in [0.05, 0.1) is 14.7 Å². The van der Waals surface area contributed by atoms with Crippen LogP contribution in [0.3, 0.4) is 0 Å². The second-order valence-corrected chi connectivity index (χ2v) is 8.51. The first-order chi connectivity index (χ1) is 11.8. The van der Waals surface area contributed by atoms with Gasteiger partial charge in [0.2, 0.25) is 0 Å². The van der Waals surface area contributed by atoms with Crippen molar-refractivity contribution in [3.63, 3.8) is 0 Å². The van der Waals surface area contributed by atoms with Crippen LogP contribution in [0.25, 0.3) is 11.3 Å². The zero-order chi connectivity index (χ0) is 18.2. The summed E-state index contributed by atoms with van der Waals surface area (Å²) in [5.74, 6) is -0.140. The van der Waals surface area contributed by atoms with Crippen LogP contribution in [0, 0.1) is 5.92 Å². The molecule has 0 radical (unpaired) electrons. The Kier molecular flexibility index (Phi) is 5.41. The van der Waals surface area contributed by atoms with E-state index in [9.17, 15) is 9.90 Å². The fourth-order valence-electron chi connectivity index (χ4n) is 3.25. The summed E-state index contributed by atoms with van der Waals surface area (Å²) in [6, 6.07) is 7.24. The Bertz CT molecular complexity index is 772. The number of carbonyl (C=O) groups is 1. The first-order valence-electron chi connectivity index (χ1n) is 8.17. The van der Waals surface area contributed by atoms with Crippen LogP contribution >= 0.6 is 34.2 Å². The minimum absolute atomic E-state index is 0.00873. The van der Waals surface area contributed by atoms with Crippen LogP contribution in [0.5, 0.6) is 0 Å². The van der Waals surface area contributed by atoms with Gasteiger partial charge in [0, 0.05) is 18.0 Å². The standard InChI is InChI=1S/C18H20ClIN2O3/c1-18(2,24)13-7-5-9-22(16(13)20)17(23)12-10-25-21-15(12)11-6-3-4-8-14(11)19/h3-4,6,8,10,13,16,24H,5,7,9H2,1-2H3/t13-,16?/m1/s1. The molecule has 25 heavy (non-hydrogen) atoms. The van der Waals surface area contributed by atoms with Crippen molar-refractivity contribution in [1.82, 2.24) is 10.1 Å². The zero-order valence-electron chi connectivity index (χ0n) is 14.1. The number of aromatic nitrogens is 1. The van der Waals surface area contributed by atoms with Crippen molar-refractivity contribution in [3.8, 4) is 11.3 Å². The molecule has 2 aromatic rings. The fourth-order valence-corrected chi connectivity index (χ4v) is 5.25. The number of carbonyl (C=O) groups excluding carboxylic acids is 1. The van der Waals surface area contributed by atoms with Crippen LogP contribution in [-0.2, 0) is 0 Å². The van der Waals surface area contributed by atoms with E-state index in [0.29, 0.717) is 28.4 Å². The average Bonchev–Trinajstić information content (AvgIpc) is 3.03. The van der Waals surface area contributed by atoms with E-state index in [1.54, 1.807) is 24.8 Å². The number of hydrogen-bond acceptors (Lipinski definition) is 4. The van der Waals surface area contributed by atoms with Gasteiger partial charge in [-0.3, -0.25) is 4.79 Å². The maximum atomic E-state index is 13.1. The van der Waals surface area contributed by atoms with E-state index in [-0.39, 0.29) is 15.9 Å². The summed E-state index contributed by atoms with van der Waals surface area (Å²) in [5.41, 5.74) is 0.670. The highest BCUT2D eigenvalue weighted by atomic mass is 127. The molecule has 134 valence electrons. The van der Waals surface area contributed by atoms with Crippen LogP contribution in [0.2, 0.25) is 5.02 Å². The third-order valence-electron chi connectivity index (χ3n) is 4.64. The maximum Gasteiger partial charge on any atom is 0.260 e. The summed E-state index contributed by atoms with van der Waals surface area (Å²) in [6.45, 7) is 4.24. The molecule has 1 unspecified atom stereocenters. The summed E-state index contributed by atoms with van der Waals surface area (Å²) in [6.07, 6.45) is 3.12. The van der Waals surface area contributed by atoms with Gasteiger partial charge in [0.25, 0.3) is 5.91 Å². The van der Waals surface area contributed by atoms with Crippen LogP contribution in [0.1, 0.15) is 37.0 Å². The van der Waals surface area contributed by atoms with E-state index >= 15 is 0 Å². The number of hydrogen-bond donors (Lipinski definition) is 1. The molecule has 1 saturated heterocycles. The molecular formula is C18H20ClIN2O3. The molecular weight excluding hydrogens is 455 g/mol. The van der Waals surface area contributed by atoms with Gasteiger partial charge in [-0.25, -0.2) is 0 Å². The second kappa shape index (κ2) is 7.25. The number of benzene rings is 1. The van der Waals surface area contributed by atoms with Gasteiger partial charge < -0.3 is 14.5 Å². The summed E-state index contributed by atoms with van der Waals surface area (Å²) in [5, 5.41) is 14.9. The van der Waals surface area contributed by atoms with E-state index in [2.05, 4.69) is 27.7 Å². The van der Waals surface area contributed by atoms with Crippen LogP contribution < -0.4 is 0 Å². The number of likely N-dealkylation sites (tertiary alicyclic amines) is 1. The molecule has 0 saturated carbocycles. The topological polar surface area (TPSA) is 66.6 Å². The highest BCUT2D eigenvalue weighted by Gasteiger charge is 2.41. The minimum Gasteiger partial charge on any atom is -0.390 e. The lowest BCUT2D eigenvalue weighted by Crippen LogP contribution is -2.51. The Labute approximate surface area is 165 Å². The number of amides is 1. The van der Waals surface area contributed by atoms with Gasteiger partial charge in [0.1, 0.15) is 17.5 Å². The third-order valence-corrected chi connectivity index (χ3v) is 6.51. The smallest absolute Gasteiger partial charge is 0.260 e. The Morgan fingerprint density at radius 1 is 1.44 bits per heavy atom. The Balaban J connectivity index is 1.92. The zero-order valence-corrected chi connectivity index (χ0v) is 17.0. The Hall–Kier alpha value is -1.12. The van der Waals surface area contributed by atoms with E-state index in [4.69, 9.17) is 16.1 Å². The molecule has 0 spiro atoms. The molecule has 2 atom stereocenters. The molecule has 1 fully saturated rings. The Morgan fingerprint density at radius 3 is 2.84 bits per heavy atom. The van der Waals surface area contributed by atoms with Gasteiger partial charge in [-0.05, 0) is 32.8 Å². The molecule has 1 aromatic heterocycles. The van der Waals surface area contributed by atoms with Crippen LogP contribution in [0.15, 0.2) is 35.1 Å². The van der Waals surface area contributed by atoms with Crippen molar-refractivity contribution >= 4 is 40.1 Å². The largest absolute Gasteiger partial charge is 0.390 e. The monoisotopic (exact) mass is 474 g/mol. The molecule has 0 aliphatic carbocycles. The summed E-state index contributed by atoms with van der Waals surface area (Å²) >= 11 is 8.50. The number of nitrogens with zero attached hydrogens (tertiary/aromatic N) is 2. The average molecular weight is 475 g/mol. The molecule has 1 aliphatic rings. The van der Waals surface area contributed by atoms with E-state index < -0.39 is 5.60 Å². The number of rotatable bonds is 3. The van der Waals surface area contributed by atoms with E-state index in [0.717, 1.165) is 12.8 Å². The van der Waals surface area contributed by atoms with Crippen molar-refractivity contribution in [3.05, 3.63) is 41.1 Å². The molecule has 5 nitrogen and oxygen atoms in total. The molecule has 2 heterocycles. The molecule has 1 aliphatic heterocycles. The van der Waals surface area contributed by atoms with Gasteiger partial charge in [-0.2, -0.15) is 0 Å². The molecule has 0 bridgehead atoms. The first kappa shape index (κ1) is 18.7. The summed E-state index contributed by atoms with van der Waals surface area (Å²) in [4.78, 5) is 14.9. The highest BCUT2D eigenvalue weighted by Crippen LogP contribution is 2.37. The number of aliphatic hydroxyl groups is 1. The lowest BCUT2D eigenvalue weighted by atomic mass is 9.84. The van der Waals surface area contributed by atoms with Crippen molar-refractivity contribution in [1.29, 1.82) is 0 Å². The Morgan fingerprint density at radius 2 is 2.16 bits per heavy atom. The minimum atomic E-state index is -0.842. The normalized spacial score (nSPS) is 21.4. The number of piperidine rings is 1. The summed E-state index contributed by atoms with van der Waals surface area (Å²) < 4.78 is 4.98. The second-order valence-electron chi connectivity index (χ2n) is 6.83. The highest BCUT2D eigenvalue weighted by molar-refractivity contribution is 14.1. The predicted molar refractivity (Wildman–Crippen MR) is 105 cm³/mol. The predicted octanol–water partition coefficient (Wildman–Crippen LogP) is 4.38. The molecule has 1 amide bonds.